The molecule has 1 saturated heterocycles. The Bertz CT molecular complexity index is 766. The lowest BCUT2D eigenvalue weighted by atomic mass is 10.1. The number of aryl methyl sites for hydroxylation is 2. The van der Waals surface area contributed by atoms with Crippen LogP contribution in [0.2, 0.25) is 0 Å². The summed E-state index contributed by atoms with van der Waals surface area (Å²) < 4.78 is 12.7. The van der Waals surface area contributed by atoms with Gasteiger partial charge in [0.2, 0.25) is 5.88 Å². The van der Waals surface area contributed by atoms with Crippen molar-refractivity contribution in [3.05, 3.63) is 29.2 Å². The van der Waals surface area contributed by atoms with E-state index in [2.05, 4.69) is 15.1 Å². The predicted octanol–water partition coefficient (Wildman–Crippen LogP) is 1.52. The smallest absolute Gasteiger partial charge is 0.319 e. The maximum Gasteiger partial charge on any atom is 0.319 e. The maximum atomic E-state index is 12.8. The number of piperidine rings is 1. The van der Waals surface area contributed by atoms with E-state index in [1.165, 1.54) is 7.11 Å². The molecule has 8 heteroatoms. The monoisotopic (exact) mass is 345 g/mol. The SMILES string of the molecule is COc1nccc(OC2CCN(C(=O)c3c(C)nn(C)c3C)CC2)n1. The van der Waals surface area contributed by atoms with Crippen LogP contribution in [-0.2, 0) is 7.05 Å². The molecule has 1 aliphatic heterocycles. The predicted molar refractivity (Wildman–Crippen MR) is 90.8 cm³/mol. The number of likely N-dealkylation sites (tertiary alicyclic amines) is 1. The zero-order valence-electron chi connectivity index (χ0n) is 15.0. The van der Waals surface area contributed by atoms with Crippen LogP contribution in [0.5, 0.6) is 11.9 Å². The lowest BCUT2D eigenvalue weighted by molar-refractivity contribution is 0.0585. The molecule has 3 heterocycles. The quantitative estimate of drug-likeness (QED) is 0.835. The lowest BCUT2D eigenvalue weighted by Gasteiger charge is -2.32. The number of methoxy groups -OCH3 is 1. The van der Waals surface area contributed by atoms with Crippen LogP contribution in [0.15, 0.2) is 12.3 Å². The Balaban J connectivity index is 1.60. The molecule has 0 aliphatic carbocycles. The topological polar surface area (TPSA) is 82.4 Å². The number of carbonyl (C=O) groups excluding carboxylic acids is 1. The second-order valence-corrected chi connectivity index (χ2v) is 6.16. The molecule has 0 unspecified atom stereocenters. The van der Waals surface area contributed by atoms with E-state index in [1.807, 2.05) is 25.8 Å². The summed E-state index contributed by atoms with van der Waals surface area (Å²) in [5.41, 5.74) is 2.38. The molecule has 0 spiro atoms. The van der Waals surface area contributed by atoms with Crippen LogP contribution in [0.25, 0.3) is 0 Å². The van der Waals surface area contributed by atoms with Gasteiger partial charge in [-0.1, -0.05) is 0 Å². The molecule has 8 nitrogen and oxygen atoms in total. The molecule has 3 rings (SSSR count). The average molecular weight is 345 g/mol. The van der Waals surface area contributed by atoms with Gasteiger partial charge < -0.3 is 14.4 Å². The molecule has 0 radical (unpaired) electrons. The van der Waals surface area contributed by atoms with Gasteiger partial charge in [-0.05, 0) is 13.8 Å². The minimum absolute atomic E-state index is 0.0275. The first kappa shape index (κ1) is 17.2. The maximum absolute atomic E-state index is 12.8. The molecule has 0 N–H and O–H groups in total. The molecule has 2 aromatic heterocycles. The molecule has 0 atom stereocenters. The van der Waals surface area contributed by atoms with Crippen molar-refractivity contribution < 1.29 is 14.3 Å². The van der Waals surface area contributed by atoms with Crippen molar-refractivity contribution in [2.45, 2.75) is 32.8 Å². The van der Waals surface area contributed by atoms with Gasteiger partial charge in [-0.3, -0.25) is 9.48 Å². The van der Waals surface area contributed by atoms with Crippen molar-refractivity contribution in [3.63, 3.8) is 0 Å². The first-order chi connectivity index (χ1) is 12.0. The summed E-state index contributed by atoms with van der Waals surface area (Å²) in [5, 5.41) is 4.33. The Hall–Kier alpha value is -2.64. The van der Waals surface area contributed by atoms with Crippen LogP contribution < -0.4 is 9.47 Å². The minimum Gasteiger partial charge on any atom is -0.474 e. The fraction of sp³-hybridized carbons (Fsp3) is 0.529. The van der Waals surface area contributed by atoms with E-state index >= 15 is 0 Å². The largest absolute Gasteiger partial charge is 0.474 e. The molecule has 134 valence electrons. The second-order valence-electron chi connectivity index (χ2n) is 6.16. The highest BCUT2D eigenvalue weighted by Crippen LogP contribution is 2.21. The Kier molecular flexibility index (Phi) is 4.87. The summed E-state index contributed by atoms with van der Waals surface area (Å²) in [6.07, 6.45) is 3.15. The molecular formula is C17H23N5O3. The number of aromatic nitrogens is 4. The fourth-order valence-electron chi connectivity index (χ4n) is 3.08. The molecule has 0 saturated carbocycles. The van der Waals surface area contributed by atoms with Crippen LogP contribution in [0.1, 0.15) is 34.6 Å². The third-order valence-corrected chi connectivity index (χ3v) is 4.53. The molecule has 2 aromatic rings. The van der Waals surface area contributed by atoms with Crippen LogP contribution in [0, 0.1) is 13.8 Å². The van der Waals surface area contributed by atoms with Crippen molar-refractivity contribution in [2.75, 3.05) is 20.2 Å². The summed E-state index contributed by atoms with van der Waals surface area (Å²) in [7, 11) is 3.38. The summed E-state index contributed by atoms with van der Waals surface area (Å²) in [6.45, 7) is 5.10. The number of hydrogen-bond acceptors (Lipinski definition) is 6. The first-order valence-corrected chi connectivity index (χ1v) is 8.32. The van der Waals surface area contributed by atoms with Gasteiger partial charge in [-0.2, -0.15) is 10.1 Å². The van der Waals surface area contributed by atoms with E-state index < -0.39 is 0 Å². The van der Waals surface area contributed by atoms with Crippen molar-refractivity contribution in [1.29, 1.82) is 0 Å². The molecule has 0 bridgehead atoms. The van der Waals surface area contributed by atoms with Gasteiger partial charge in [-0.25, -0.2) is 4.98 Å². The zero-order chi connectivity index (χ0) is 18.0. The fourth-order valence-corrected chi connectivity index (χ4v) is 3.08. The number of nitrogens with zero attached hydrogens (tertiary/aromatic N) is 5. The number of ether oxygens (including phenoxy) is 2. The first-order valence-electron chi connectivity index (χ1n) is 8.32. The third kappa shape index (κ3) is 3.57. The lowest BCUT2D eigenvalue weighted by Crippen LogP contribution is -2.42. The number of amides is 1. The van der Waals surface area contributed by atoms with E-state index in [0.29, 0.717) is 24.5 Å². The molecule has 25 heavy (non-hydrogen) atoms. The van der Waals surface area contributed by atoms with Crippen molar-refractivity contribution in [3.8, 4) is 11.9 Å². The van der Waals surface area contributed by atoms with Gasteiger partial charge in [-0.15, -0.1) is 0 Å². The second kappa shape index (κ2) is 7.08. The molecular weight excluding hydrogens is 322 g/mol. The van der Waals surface area contributed by atoms with Gasteiger partial charge in [0.05, 0.1) is 18.4 Å². The number of hydrogen-bond donors (Lipinski definition) is 0. The van der Waals surface area contributed by atoms with E-state index in [4.69, 9.17) is 9.47 Å². The minimum atomic E-state index is 0.0275. The normalized spacial score (nSPS) is 15.3. The number of rotatable bonds is 4. The van der Waals surface area contributed by atoms with E-state index in [0.717, 1.165) is 24.2 Å². The highest BCUT2D eigenvalue weighted by molar-refractivity contribution is 5.96. The van der Waals surface area contributed by atoms with Gasteiger partial charge in [0.15, 0.2) is 0 Å². The van der Waals surface area contributed by atoms with Gasteiger partial charge in [0.25, 0.3) is 5.91 Å². The van der Waals surface area contributed by atoms with Crippen molar-refractivity contribution in [2.24, 2.45) is 7.05 Å². The Morgan fingerprint density at radius 2 is 2.00 bits per heavy atom. The Morgan fingerprint density at radius 1 is 1.28 bits per heavy atom. The summed E-state index contributed by atoms with van der Waals surface area (Å²) >= 11 is 0. The highest BCUT2D eigenvalue weighted by atomic mass is 16.5. The summed E-state index contributed by atoms with van der Waals surface area (Å²) in [5.74, 6) is 0.542. The molecule has 1 fully saturated rings. The van der Waals surface area contributed by atoms with Gasteiger partial charge in [0, 0.05) is 50.9 Å². The summed E-state index contributed by atoms with van der Waals surface area (Å²) in [4.78, 5) is 22.8. The van der Waals surface area contributed by atoms with Crippen LogP contribution in [0.4, 0.5) is 0 Å². The summed E-state index contributed by atoms with van der Waals surface area (Å²) in [6, 6.07) is 2.00. The van der Waals surface area contributed by atoms with Crippen LogP contribution in [-0.4, -0.2) is 56.9 Å². The van der Waals surface area contributed by atoms with E-state index in [1.54, 1.807) is 16.9 Å². The van der Waals surface area contributed by atoms with E-state index in [-0.39, 0.29) is 18.0 Å². The Morgan fingerprint density at radius 3 is 2.60 bits per heavy atom. The third-order valence-electron chi connectivity index (χ3n) is 4.53. The highest BCUT2D eigenvalue weighted by Gasteiger charge is 2.28. The Labute approximate surface area is 146 Å². The van der Waals surface area contributed by atoms with Gasteiger partial charge in [0.1, 0.15) is 6.10 Å². The van der Waals surface area contributed by atoms with Crippen LogP contribution in [0.3, 0.4) is 0 Å². The molecule has 0 aromatic carbocycles. The zero-order valence-corrected chi connectivity index (χ0v) is 15.0. The van der Waals surface area contributed by atoms with Crippen molar-refractivity contribution >= 4 is 5.91 Å². The molecule has 1 amide bonds. The molecule has 1 aliphatic rings. The average Bonchev–Trinajstić information content (AvgIpc) is 2.87. The number of carbonyl (C=O) groups is 1. The van der Waals surface area contributed by atoms with Gasteiger partial charge >= 0.3 is 6.01 Å². The van der Waals surface area contributed by atoms with E-state index in [9.17, 15) is 4.79 Å². The van der Waals surface area contributed by atoms with Crippen molar-refractivity contribution in [1.82, 2.24) is 24.6 Å². The van der Waals surface area contributed by atoms with Crippen LogP contribution >= 0.6 is 0 Å². The standard InChI is InChI=1S/C17H23N5O3/c1-11-15(12(2)21(3)20-11)16(23)22-9-6-13(7-10-22)25-14-5-8-18-17(19-14)24-4/h5,8,13H,6-7,9-10H2,1-4H3.